The van der Waals surface area contributed by atoms with Gasteiger partial charge in [-0.25, -0.2) is 4.98 Å². The van der Waals surface area contributed by atoms with Gasteiger partial charge in [0.25, 0.3) is 0 Å². The fourth-order valence-electron chi connectivity index (χ4n) is 4.07. The first kappa shape index (κ1) is 21.0. The first-order chi connectivity index (χ1) is 14.9. The molecule has 5 nitrogen and oxygen atoms in total. The summed E-state index contributed by atoms with van der Waals surface area (Å²) in [6.45, 7) is 0.383. The van der Waals surface area contributed by atoms with Gasteiger partial charge in [0.05, 0.1) is 18.6 Å². The number of anilines is 1. The first-order valence-corrected chi connectivity index (χ1v) is 10.1. The Labute approximate surface area is 178 Å². The maximum atomic E-state index is 13.3. The number of fused-ring (bicyclic) bond motifs is 1. The molecule has 0 radical (unpaired) electrons. The third-order valence-electron chi connectivity index (χ3n) is 5.57. The molecule has 4 rings (SSSR count). The molecule has 8 heteroatoms. The molecule has 2 heterocycles. The number of aromatic nitrogens is 2. The van der Waals surface area contributed by atoms with Crippen molar-refractivity contribution in [3.63, 3.8) is 0 Å². The molecule has 1 aliphatic rings. The number of alkyl halides is 3. The number of hydrogen-bond acceptors (Lipinski definition) is 3. The van der Waals surface area contributed by atoms with Gasteiger partial charge >= 0.3 is 12.1 Å². The van der Waals surface area contributed by atoms with Gasteiger partial charge in [-0.3, -0.25) is 4.79 Å². The fraction of sp³-hybridized carbons (Fsp3) is 0.304. The van der Waals surface area contributed by atoms with Gasteiger partial charge in [0.1, 0.15) is 0 Å². The predicted octanol–water partition coefficient (Wildman–Crippen LogP) is 4.32. The Morgan fingerprint density at radius 1 is 1.10 bits per heavy atom. The van der Waals surface area contributed by atoms with Gasteiger partial charge in [0, 0.05) is 31.0 Å². The topological polar surface area (TPSA) is 52.2 Å². The molecule has 162 valence electrons. The van der Waals surface area contributed by atoms with E-state index in [4.69, 9.17) is 0 Å². The lowest BCUT2D eigenvalue weighted by molar-refractivity contribution is -0.186. The number of halogens is 3. The summed E-state index contributed by atoms with van der Waals surface area (Å²) in [7, 11) is 0. The molecule has 0 aliphatic carbocycles. The van der Waals surface area contributed by atoms with Crippen LogP contribution >= 0.6 is 0 Å². The van der Waals surface area contributed by atoms with Crippen LogP contribution in [0.2, 0.25) is 0 Å². The van der Waals surface area contributed by atoms with Gasteiger partial charge in [0.2, 0.25) is 0 Å². The molecule has 1 amide bonds. The van der Waals surface area contributed by atoms with Gasteiger partial charge in [-0.2, -0.15) is 13.2 Å². The van der Waals surface area contributed by atoms with E-state index in [9.17, 15) is 18.0 Å². The van der Waals surface area contributed by atoms with Crippen molar-refractivity contribution in [2.45, 2.75) is 38.1 Å². The number of rotatable bonds is 5. The standard InChI is InChI=1S/C23H23F3N4O/c24-23(25,26)22(31)29-13-18-8-4-5-9-21(18)30(14-19-12-27-16-28-19)20(15-29)11-10-17-6-2-1-3-7-17/h1-9,12,16,20H,10-11,13-15H2,(H,27,28)/t20-/m1/s1. The second-order valence-corrected chi connectivity index (χ2v) is 7.69. The van der Waals surface area contributed by atoms with E-state index in [1.165, 1.54) is 0 Å². The number of H-pyrrole nitrogens is 1. The van der Waals surface area contributed by atoms with Gasteiger partial charge < -0.3 is 14.8 Å². The summed E-state index contributed by atoms with van der Waals surface area (Å²) in [5, 5.41) is 0. The molecule has 0 saturated carbocycles. The average molecular weight is 428 g/mol. The van der Waals surface area contributed by atoms with Crippen LogP contribution in [0.1, 0.15) is 23.2 Å². The summed E-state index contributed by atoms with van der Waals surface area (Å²) in [4.78, 5) is 22.4. The minimum absolute atomic E-state index is 0.00596. The van der Waals surface area contributed by atoms with Crippen LogP contribution in [0.15, 0.2) is 67.1 Å². The van der Waals surface area contributed by atoms with Crippen LogP contribution in [0.5, 0.6) is 0 Å². The zero-order valence-electron chi connectivity index (χ0n) is 16.8. The maximum Gasteiger partial charge on any atom is 0.471 e. The number of para-hydroxylation sites is 1. The van der Waals surface area contributed by atoms with Crippen molar-refractivity contribution < 1.29 is 18.0 Å². The summed E-state index contributed by atoms with van der Waals surface area (Å²) < 4.78 is 39.9. The molecule has 1 atom stereocenters. The highest BCUT2D eigenvalue weighted by Gasteiger charge is 2.44. The lowest BCUT2D eigenvalue weighted by Gasteiger charge is -2.34. The highest BCUT2D eigenvalue weighted by molar-refractivity contribution is 5.82. The lowest BCUT2D eigenvalue weighted by Crippen LogP contribution is -2.47. The Morgan fingerprint density at radius 3 is 2.55 bits per heavy atom. The Hall–Kier alpha value is -3.29. The largest absolute Gasteiger partial charge is 0.471 e. The molecule has 3 aromatic rings. The summed E-state index contributed by atoms with van der Waals surface area (Å²) in [6.07, 6.45) is -0.315. The van der Waals surface area contributed by atoms with Gasteiger partial charge in [-0.15, -0.1) is 0 Å². The van der Waals surface area contributed by atoms with E-state index in [0.717, 1.165) is 21.8 Å². The highest BCUT2D eigenvalue weighted by Crippen LogP contribution is 2.32. The van der Waals surface area contributed by atoms with Crippen molar-refractivity contribution in [1.82, 2.24) is 14.9 Å². The molecule has 1 aromatic heterocycles. The van der Waals surface area contributed by atoms with Gasteiger partial charge in [-0.1, -0.05) is 48.5 Å². The lowest BCUT2D eigenvalue weighted by atomic mass is 10.0. The van der Waals surface area contributed by atoms with Crippen LogP contribution in [0.25, 0.3) is 0 Å². The molecule has 0 spiro atoms. The van der Waals surface area contributed by atoms with Crippen molar-refractivity contribution in [3.05, 3.63) is 83.9 Å². The predicted molar refractivity (Wildman–Crippen MR) is 111 cm³/mol. The number of carbonyl (C=O) groups is 1. The summed E-state index contributed by atoms with van der Waals surface area (Å²) in [6, 6.07) is 16.9. The highest BCUT2D eigenvalue weighted by atomic mass is 19.4. The Kier molecular flexibility index (Phi) is 5.97. The first-order valence-electron chi connectivity index (χ1n) is 10.1. The number of benzene rings is 2. The molecule has 0 saturated heterocycles. The second-order valence-electron chi connectivity index (χ2n) is 7.69. The Bertz CT molecular complexity index is 1010. The van der Waals surface area contributed by atoms with Crippen LogP contribution in [0, 0.1) is 0 Å². The van der Waals surface area contributed by atoms with E-state index < -0.39 is 12.1 Å². The minimum atomic E-state index is -4.91. The molecule has 0 fully saturated rings. The van der Waals surface area contributed by atoms with Gasteiger partial charge in [-0.05, 0) is 30.0 Å². The zero-order valence-corrected chi connectivity index (χ0v) is 16.8. The van der Waals surface area contributed by atoms with Crippen LogP contribution < -0.4 is 4.90 Å². The monoisotopic (exact) mass is 428 g/mol. The SMILES string of the molecule is O=C(N1Cc2ccccc2N(Cc2cnc[nH]2)[C@H](CCc2ccccc2)C1)C(F)(F)F. The Balaban J connectivity index is 1.69. The van der Waals surface area contributed by atoms with Gasteiger partial charge in [0.15, 0.2) is 0 Å². The quantitative estimate of drug-likeness (QED) is 0.659. The number of hydrogen-bond donors (Lipinski definition) is 1. The van der Waals surface area contributed by atoms with Crippen molar-refractivity contribution in [1.29, 1.82) is 0 Å². The molecule has 1 N–H and O–H groups in total. The maximum absolute atomic E-state index is 13.3. The minimum Gasteiger partial charge on any atom is -0.361 e. The number of carbonyl (C=O) groups excluding carboxylic acids is 1. The van der Waals surface area contributed by atoms with E-state index >= 15 is 0 Å². The van der Waals surface area contributed by atoms with E-state index in [1.807, 2.05) is 42.5 Å². The fourth-order valence-corrected chi connectivity index (χ4v) is 4.07. The number of amides is 1. The third kappa shape index (κ3) is 4.90. The molecule has 2 aromatic carbocycles. The van der Waals surface area contributed by atoms with Crippen LogP contribution in [-0.4, -0.2) is 39.5 Å². The van der Waals surface area contributed by atoms with Crippen LogP contribution in [0.4, 0.5) is 18.9 Å². The summed E-state index contributed by atoms with van der Waals surface area (Å²) in [5.74, 6) is -1.80. The zero-order chi connectivity index (χ0) is 21.8. The number of imidazole rings is 1. The van der Waals surface area contributed by atoms with E-state index in [0.29, 0.717) is 24.9 Å². The summed E-state index contributed by atoms with van der Waals surface area (Å²) in [5.41, 5.74) is 3.50. The second kappa shape index (κ2) is 8.83. The van der Waals surface area contributed by atoms with Crippen molar-refractivity contribution in [2.75, 3.05) is 11.4 Å². The third-order valence-corrected chi connectivity index (χ3v) is 5.57. The van der Waals surface area contributed by atoms with Crippen molar-refractivity contribution >= 4 is 11.6 Å². The smallest absolute Gasteiger partial charge is 0.361 e. The normalized spacial score (nSPS) is 16.7. The van der Waals surface area contributed by atoms with Crippen molar-refractivity contribution in [2.24, 2.45) is 0 Å². The molecule has 0 bridgehead atoms. The summed E-state index contributed by atoms with van der Waals surface area (Å²) >= 11 is 0. The van der Waals surface area contributed by atoms with E-state index in [1.54, 1.807) is 24.7 Å². The molecular formula is C23H23F3N4O. The molecule has 31 heavy (non-hydrogen) atoms. The number of aromatic amines is 1. The molecule has 1 aliphatic heterocycles. The number of nitrogens with one attached hydrogen (secondary N) is 1. The van der Waals surface area contributed by atoms with E-state index in [2.05, 4.69) is 14.9 Å². The van der Waals surface area contributed by atoms with Crippen LogP contribution in [0.3, 0.4) is 0 Å². The molecular weight excluding hydrogens is 405 g/mol. The molecule has 0 unspecified atom stereocenters. The number of nitrogens with zero attached hydrogens (tertiary/aromatic N) is 3. The Morgan fingerprint density at radius 2 is 1.84 bits per heavy atom. The van der Waals surface area contributed by atoms with Crippen LogP contribution in [-0.2, 0) is 24.3 Å². The average Bonchev–Trinajstić information content (AvgIpc) is 3.22. The van der Waals surface area contributed by atoms with E-state index in [-0.39, 0.29) is 19.1 Å². The van der Waals surface area contributed by atoms with Crippen molar-refractivity contribution in [3.8, 4) is 0 Å². The number of aryl methyl sites for hydroxylation is 1.